The SMILES string of the molecule is CC(NCC1CCCCS1)C(=O)NC1CC1. The summed E-state index contributed by atoms with van der Waals surface area (Å²) in [5.74, 6) is 1.46. The Bertz CT molecular complexity index is 237. The van der Waals surface area contributed by atoms with Crippen LogP contribution in [0.15, 0.2) is 0 Å². The number of thioether (sulfide) groups is 1. The molecule has 1 aliphatic carbocycles. The smallest absolute Gasteiger partial charge is 0.237 e. The molecule has 92 valence electrons. The molecule has 3 nitrogen and oxygen atoms in total. The van der Waals surface area contributed by atoms with Crippen LogP contribution in [0, 0.1) is 0 Å². The summed E-state index contributed by atoms with van der Waals surface area (Å²) in [5.41, 5.74) is 0. The molecule has 2 fully saturated rings. The second-order valence-electron chi connectivity index (χ2n) is 4.90. The van der Waals surface area contributed by atoms with Crippen LogP contribution in [-0.2, 0) is 4.79 Å². The van der Waals surface area contributed by atoms with Crippen molar-refractivity contribution in [1.82, 2.24) is 10.6 Å². The van der Waals surface area contributed by atoms with Gasteiger partial charge in [-0.15, -0.1) is 0 Å². The number of carbonyl (C=O) groups excluding carboxylic acids is 1. The summed E-state index contributed by atoms with van der Waals surface area (Å²) >= 11 is 2.05. The molecule has 4 heteroatoms. The average molecular weight is 242 g/mol. The van der Waals surface area contributed by atoms with Gasteiger partial charge in [-0.3, -0.25) is 4.79 Å². The topological polar surface area (TPSA) is 41.1 Å². The summed E-state index contributed by atoms with van der Waals surface area (Å²) in [6, 6.07) is 0.434. The lowest BCUT2D eigenvalue weighted by Gasteiger charge is -2.23. The van der Waals surface area contributed by atoms with E-state index in [9.17, 15) is 4.79 Å². The Morgan fingerprint density at radius 1 is 1.38 bits per heavy atom. The number of carbonyl (C=O) groups is 1. The molecule has 1 heterocycles. The third-order valence-corrected chi connectivity index (χ3v) is 4.64. The van der Waals surface area contributed by atoms with Gasteiger partial charge in [0.2, 0.25) is 5.91 Å². The molecule has 1 saturated carbocycles. The highest BCUT2D eigenvalue weighted by atomic mass is 32.2. The van der Waals surface area contributed by atoms with E-state index in [1.165, 1.54) is 25.0 Å². The fourth-order valence-corrected chi connectivity index (χ4v) is 3.17. The summed E-state index contributed by atoms with van der Waals surface area (Å²) in [5, 5.41) is 7.10. The molecule has 0 aromatic carbocycles. The van der Waals surface area contributed by atoms with Crippen molar-refractivity contribution < 1.29 is 4.79 Å². The molecule has 0 bridgehead atoms. The van der Waals surface area contributed by atoms with Gasteiger partial charge in [-0.25, -0.2) is 0 Å². The van der Waals surface area contributed by atoms with Crippen LogP contribution in [-0.4, -0.2) is 35.5 Å². The van der Waals surface area contributed by atoms with Crippen LogP contribution in [0.3, 0.4) is 0 Å². The standard InChI is InChI=1S/C12H22N2OS/c1-9(12(15)14-10-5-6-10)13-8-11-4-2-3-7-16-11/h9-11,13H,2-8H2,1H3,(H,14,15). The van der Waals surface area contributed by atoms with Gasteiger partial charge < -0.3 is 10.6 Å². The summed E-state index contributed by atoms with van der Waals surface area (Å²) < 4.78 is 0. The van der Waals surface area contributed by atoms with Crippen LogP contribution >= 0.6 is 11.8 Å². The molecule has 0 aromatic rings. The largest absolute Gasteiger partial charge is 0.352 e. The molecule has 2 unspecified atom stereocenters. The van der Waals surface area contributed by atoms with Crippen LogP contribution < -0.4 is 10.6 Å². The van der Waals surface area contributed by atoms with E-state index in [2.05, 4.69) is 10.6 Å². The first-order valence-electron chi connectivity index (χ1n) is 6.41. The first-order valence-corrected chi connectivity index (χ1v) is 7.46. The Balaban J connectivity index is 1.61. The highest BCUT2D eigenvalue weighted by Gasteiger charge is 2.25. The monoisotopic (exact) mass is 242 g/mol. The van der Waals surface area contributed by atoms with Crippen molar-refractivity contribution in [2.24, 2.45) is 0 Å². The van der Waals surface area contributed by atoms with E-state index in [0.717, 1.165) is 19.4 Å². The zero-order valence-electron chi connectivity index (χ0n) is 10.00. The van der Waals surface area contributed by atoms with Crippen molar-refractivity contribution in [1.29, 1.82) is 0 Å². The summed E-state index contributed by atoms with van der Waals surface area (Å²) in [6.07, 6.45) is 6.34. The molecular weight excluding hydrogens is 220 g/mol. The predicted octanol–water partition coefficient (Wildman–Crippen LogP) is 1.53. The van der Waals surface area contributed by atoms with Crippen LogP contribution in [0.2, 0.25) is 0 Å². The van der Waals surface area contributed by atoms with Crippen molar-refractivity contribution in [2.75, 3.05) is 12.3 Å². The zero-order chi connectivity index (χ0) is 11.4. The lowest BCUT2D eigenvalue weighted by Crippen LogP contribution is -2.45. The molecule has 1 aliphatic heterocycles. The van der Waals surface area contributed by atoms with Crippen LogP contribution in [0.1, 0.15) is 39.0 Å². The lowest BCUT2D eigenvalue weighted by molar-refractivity contribution is -0.122. The van der Waals surface area contributed by atoms with Crippen molar-refractivity contribution in [3.63, 3.8) is 0 Å². The Kier molecular flexibility index (Phi) is 4.53. The van der Waals surface area contributed by atoms with Gasteiger partial charge in [0.25, 0.3) is 0 Å². The second-order valence-corrected chi connectivity index (χ2v) is 6.31. The van der Waals surface area contributed by atoms with Gasteiger partial charge in [-0.05, 0) is 38.4 Å². The van der Waals surface area contributed by atoms with Gasteiger partial charge in [-0.1, -0.05) is 6.42 Å². The molecule has 2 atom stereocenters. The minimum Gasteiger partial charge on any atom is -0.352 e. The highest BCUT2D eigenvalue weighted by molar-refractivity contribution is 7.99. The summed E-state index contributed by atoms with van der Waals surface area (Å²) in [7, 11) is 0. The van der Waals surface area contributed by atoms with Crippen molar-refractivity contribution in [2.45, 2.75) is 56.4 Å². The number of nitrogens with one attached hydrogen (secondary N) is 2. The van der Waals surface area contributed by atoms with E-state index in [1.807, 2.05) is 18.7 Å². The van der Waals surface area contributed by atoms with E-state index < -0.39 is 0 Å². The highest BCUT2D eigenvalue weighted by Crippen LogP contribution is 2.24. The number of hydrogen-bond donors (Lipinski definition) is 2. The van der Waals surface area contributed by atoms with Crippen molar-refractivity contribution in [3.05, 3.63) is 0 Å². The molecule has 2 aliphatic rings. The third kappa shape index (κ3) is 3.98. The molecule has 1 saturated heterocycles. The van der Waals surface area contributed by atoms with E-state index in [4.69, 9.17) is 0 Å². The van der Waals surface area contributed by atoms with Gasteiger partial charge in [0, 0.05) is 17.8 Å². The quantitative estimate of drug-likeness (QED) is 0.768. The molecule has 2 rings (SSSR count). The Morgan fingerprint density at radius 2 is 2.19 bits per heavy atom. The third-order valence-electron chi connectivity index (χ3n) is 3.24. The first-order chi connectivity index (χ1) is 7.75. The number of hydrogen-bond acceptors (Lipinski definition) is 3. The summed E-state index contributed by atoms with van der Waals surface area (Å²) in [4.78, 5) is 11.7. The van der Waals surface area contributed by atoms with Crippen LogP contribution in [0.25, 0.3) is 0 Å². The van der Waals surface area contributed by atoms with Crippen molar-refractivity contribution in [3.8, 4) is 0 Å². The van der Waals surface area contributed by atoms with Crippen molar-refractivity contribution >= 4 is 17.7 Å². The fraction of sp³-hybridized carbons (Fsp3) is 0.917. The van der Waals surface area contributed by atoms with Gasteiger partial charge in [0.1, 0.15) is 0 Å². The van der Waals surface area contributed by atoms with E-state index >= 15 is 0 Å². The number of rotatable bonds is 5. The second kappa shape index (κ2) is 5.92. The van der Waals surface area contributed by atoms with Gasteiger partial charge >= 0.3 is 0 Å². The Morgan fingerprint density at radius 3 is 2.81 bits per heavy atom. The van der Waals surface area contributed by atoms with E-state index in [-0.39, 0.29) is 11.9 Å². The molecule has 0 aromatic heterocycles. The zero-order valence-corrected chi connectivity index (χ0v) is 10.8. The van der Waals surface area contributed by atoms with Crippen LogP contribution in [0.5, 0.6) is 0 Å². The molecule has 1 amide bonds. The molecule has 2 N–H and O–H groups in total. The molecule has 0 spiro atoms. The average Bonchev–Trinajstić information content (AvgIpc) is 3.11. The first kappa shape index (κ1) is 12.2. The Hall–Kier alpha value is -0.220. The molecule has 0 radical (unpaired) electrons. The van der Waals surface area contributed by atoms with E-state index in [1.54, 1.807) is 0 Å². The number of amides is 1. The van der Waals surface area contributed by atoms with Gasteiger partial charge in [-0.2, -0.15) is 11.8 Å². The maximum atomic E-state index is 11.7. The molecule has 16 heavy (non-hydrogen) atoms. The molecular formula is C12H22N2OS. The normalized spacial score (nSPS) is 27.4. The Labute approximate surface area is 102 Å². The fourth-order valence-electron chi connectivity index (χ4n) is 1.92. The minimum absolute atomic E-state index is 0.0388. The minimum atomic E-state index is -0.0388. The maximum Gasteiger partial charge on any atom is 0.237 e. The summed E-state index contributed by atoms with van der Waals surface area (Å²) in [6.45, 7) is 2.94. The maximum absolute atomic E-state index is 11.7. The van der Waals surface area contributed by atoms with Gasteiger partial charge in [0.05, 0.1) is 6.04 Å². The van der Waals surface area contributed by atoms with Gasteiger partial charge in [0.15, 0.2) is 0 Å². The van der Waals surface area contributed by atoms with Crippen LogP contribution in [0.4, 0.5) is 0 Å². The van der Waals surface area contributed by atoms with E-state index in [0.29, 0.717) is 11.3 Å². The predicted molar refractivity (Wildman–Crippen MR) is 68.7 cm³/mol. The lowest BCUT2D eigenvalue weighted by atomic mass is 10.2.